The minimum atomic E-state index is -3.26. The third-order valence-electron chi connectivity index (χ3n) is 3.34. The van der Waals surface area contributed by atoms with E-state index in [2.05, 4.69) is 9.71 Å². The van der Waals surface area contributed by atoms with E-state index in [-0.39, 0.29) is 17.7 Å². The molecule has 0 saturated carbocycles. The first-order valence-electron chi connectivity index (χ1n) is 6.54. The van der Waals surface area contributed by atoms with E-state index in [1.54, 1.807) is 18.5 Å². The van der Waals surface area contributed by atoms with Crippen LogP contribution in [-0.4, -0.2) is 32.4 Å². The summed E-state index contributed by atoms with van der Waals surface area (Å²) in [5, 5.41) is 0. The molecule has 1 aliphatic rings. The van der Waals surface area contributed by atoms with E-state index in [1.807, 2.05) is 13.0 Å². The van der Waals surface area contributed by atoms with Gasteiger partial charge < -0.3 is 4.74 Å². The van der Waals surface area contributed by atoms with Gasteiger partial charge in [0.25, 0.3) is 0 Å². The SMILES string of the molecule is C[C@@H](NS(=O)(=O)CC1CCOCC1)c1cccnc1. The van der Waals surface area contributed by atoms with Gasteiger partial charge in [-0.25, -0.2) is 13.1 Å². The van der Waals surface area contributed by atoms with Crippen molar-refractivity contribution in [1.29, 1.82) is 0 Å². The molecular weight excluding hydrogens is 264 g/mol. The Balaban J connectivity index is 1.93. The summed E-state index contributed by atoms with van der Waals surface area (Å²) >= 11 is 0. The van der Waals surface area contributed by atoms with E-state index in [0.717, 1.165) is 18.4 Å². The van der Waals surface area contributed by atoms with Gasteiger partial charge >= 0.3 is 0 Å². The zero-order chi connectivity index (χ0) is 13.7. The van der Waals surface area contributed by atoms with Crippen LogP contribution in [-0.2, 0) is 14.8 Å². The highest BCUT2D eigenvalue weighted by Crippen LogP contribution is 2.18. The van der Waals surface area contributed by atoms with E-state index < -0.39 is 10.0 Å². The van der Waals surface area contributed by atoms with Gasteiger partial charge in [0.2, 0.25) is 10.0 Å². The molecular formula is C13H20N2O3S. The molecule has 0 aliphatic carbocycles. The molecule has 5 nitrogen and oxygen atoms in total. The van der Waals surface area contributed by atoms with Gasteiger partial charge in [-0.15, -0.1) is 0 Å². The fraction of sp³-hybridized carbons (Fsp3) is 0.615. The number of hydrogen-bond acceptors (Lipinski definition) is 4. The lowest BCUT2D eigenvalue weighted by molar-refractivity contribution is 0.0723. The second-order valence-electron chi connectivity index (χ2n) is 4.96. The zero-order valence-electron chi connectivity index (χ0n) is 11.1. The molecule has 106 valence electrons. The van der Waals surface area contributed by atoms with Gasteiger partial charge in [0, 0.05) is 31.6 Å². The van der Waals surface area contributed by atoms with E-state index >= 15 is 0 Å². The maximum Gasteiger partial charge on any atom is 0.212 e. The Morgan fingerprint density at radius 1 is 1.47 bits per heavy atom. The van der Waals surface area contributed by atoms with Crippen LogP contribution in [0.2, 0.25) is 0 Å². The van der Waals surface area contributed by atoms with Crippen LogP contribution in [0.4, 0.5) is 0 Å². The number of rotatable bonds is 5. The summed E-state index contributed by atoms with van der Waals surface area (Å²) in [7, 11) is -3.26. The maximum absolute atomic E-state index is 12.1. The highest BCUT2D eigenvalue weighted by molar-refractivity contribution is 7.89. The number of sulfonamides is 1. The van der Waals surface area contributed by atoms with Crippen molar-refractivity contribution in [2.24, 2.45) is 5.92 Å². The van der Waals surface area contributed by atoms with Crippen LogP contribution in [0, 0.1) is 5.92 Å². The molecule has 2 heterocycles. The Morgan fingerprint density at radius 2 is 2.21 bits per heavy atom. The summed E-state index contributed by atoms with van der Waals surface area (Å²) < 4.78 is 32.2. The molecule has 1 aromatic rings. The summed E-state index contributed by atoms with van der Waals surface area (Å²) in [6, 6.07) is 3.42. The van der Waals surface area contributed by atoms with Gasteiger partial charge in [0.05, 0.1) is 5.75 Å². The molecule has 0 radical (unpaired) electrons. The molecule has 1 N–H and O–H groups in total. The first-order valence-corrected chi connectivity index (χ1v) is 8.20. The Labute approximate surface area is 114 Å². The van der Waals surface area contributed by atoms with E-state index in [4.69, 9.17) is 4.74 Å². The predicted octanol–water partition coefficient (Wildman–Crippen LogP) is 1.49. The molecule has 0 unspecified atom stereocenters. The summed E-state index contributed by atoms with van der Waals surface area (Å²) in [5.41, 5.74) is 0.873. The molecule has 1 aromatic heterocycles. The fourth-order valence-corrected chi connectivity index (χ4v) is 3.97. The van der Waals surface area contributed by atoms with Crippen molar-refractivity contribution in [2.75, 3.05) is 19.0 Å². The van der Waals surface area contributed by atoms with Crippen molar-refractivity contribution in [3.8, 4) is 0 Å². The molecule has 0 bridgehead atoms. The summed E-state index contributed by atoms with van der Waals surface area (Å²) in [6.07, 6.45) is 5.00. The number of nitrogens with one attached hydrogen (secondary N) is 1. The number of nitrogens with zero attached hydrogens (tertiary/aromatic N) is 1. The van der Waals surface area contributed by atoms with Crippen LogP contribution >= 0.6 is 0 Å². The Hall–Kier alpha value is -0.980. The molecule has 0 amide bonds. The van der Waals surface area contributed by atoms with Crippen molar-refractivity contribution in [3.05, 3.63) is 30.1 Å². The lowest BCUT2D eigenvalue weighted by Gasteiger charge is -2.23. The zero-order valence-corrected chi connectivity index (χ0v) is 11.9. The topological polar surface area (TPSA) is 68.3 Å². The van der Waals surface area contributed by atoms with Crippen LogP contribution in [0.15, 0.2) is 24.5 Å². The Bertz CT molecular complexity index is 484. The van der Waals surface area contributed by atoms with Crippen molar-refractivity contribution in [1.82, 2.24) is 9.71 Å². The molecule has 1 atom stereocenters. The summed E-state index contributed by atoms with van der Waals surface area (Å²) in [5.74, 6) is 0.383. The first kappa shape index (κ1) is 14.4. The quantitative estimate of drug-likeness (QED) is 0.889. The lowest BCUT2D eigenvalue weighted by Crippen LogP contribution is -2.33. The number of pyridine rings is 1. The van der Waals surface area contributed by atoms with E-state index in [9.17, 15) is 8.42 Å². The highest BCUT2D eigenvalue weighted by Gasteiger charge is 2.23. The number of aromatic nitrogens is 1. The fourth-order valence-electron chi connectivity index (χ4n) is 2.24. The highest BCUT2D eigenvalue weighted by atomic mass is 32.2. The third-order valence-corrected chi connectivity index (χ3v) is 4.96. The summed E-state index contributed by atoms with van der Waals surface area (Å²) in [6.45, 7) is 3.16. The van der Waals surface area contributed by atoms with Crippen LogP contribution in [0.3, 0.4) is 0 Å². The van der Waals surface area contributed by atoms with Crippen molar-refractivity contribution in [3.63, 3.8) is 0 Å². The molecule has 1 fully saturated rings. The second-order valence-corrected chi connectivity index (χ2v) is 6.76. The third kappa shape index (κ3) is 4.56. The standard InChI is InChI=1S/C13H20N2O3S/c1-11(13-3-2-6-14-9-13)15-19(16,17)10-12-4-7-18-8-5-12/h2-3,6,9,11-12,15H,4-5,7-8,10H2,1H3/t11-/m1/s1. The number of hydrogen-bond donors (Lipinski definition) is 1. The Morgan fingerprint density at radius 3 is 2.84 bits per heavy atom. The predicted molar refractivity (Wildman–Crippen MR) is 73.1 cm³/mol. The minimum Gasteiger partial charge on any atom is -0.381 e. The lowest BCUT2D eigenvalue weighted by atomic mass is 10.0. The molecule has 1 saturated heterocycles. The molecule has 19 heavy (non-hydrogen) atoms. The van der Waals surface area contributed by atoms with E-state index in [0.29, 0.717) is 13.2 Å². The minimum absolute atomic E-state index is 0.182. The van der Waals surface area contributed by atoms with Gasteiger partial charge in [-0.05, 0) is 37.3 Å². The summed E-state index contributed by atoms with van der Waals surface area (Å²) in [4.78, 5) is 4.00. The van der Waals surface area contributed by atoms with Gasteiger partial charge in [-0.2, -0.15) is 0 Å². The van der Waals surface area contributed by atoms with Crippen molar-refractivity contribution in [2.45, 2.75) is 25.8 Å². The molecule has 1 aliphatic heterocycles. The van der Waals surface area contributed by atoms with Gasteiger partial charge in [-0.3, -0.25) is 4.98 Å². The average molecular weight is 284 g/mol. The van der Waals surface area contributed by atoms with E-state index in [1.165, 1.54) is 0 Å². The van der Waals surface area contributed by atoms with Crippen LogP contribution < -0.4 is 4.72 Å². The molecule has 0 spiro atoms. The van der Waals surface area contributed by atoms with Crippen LogP contribution in [0.25, 0.3) is 0 Å². The van der Waals surface area contributed by atoms with Gasteiger partial charge in [0.15, 0.2) is 0 Å². The van der Waals surface area contributed by atoms with Crippen LogP contribution in [0.1, 0.15) is 31.4 Å². The average Bonchev–Trinajstić information content (AvgIpc) is 2.39. The smallest absolute Gasteiger partial charge is 0.212 e. The van der Waals surface area contributed by atoms with Crippen LogP contribution in [0.5, 0.6) is 0 Å². The molecule has 6 heteroatoms. The maximum atomic E-state index is 12.1. The monoisotopic (exact) mass is 284 g/mol. The van der Waals surface area contributed by atoms with Gasteiger partial charge in [0.1, 0.15) is 0 Å². The first-order chi connectivity index (χ1) is 9.07. The normalized spacial score (nSPS) is 19.2. The largest absolute Gasteiger partial charge is 0.381 e. The Kier molecular flexibility index (Phi) is 4.90. The van der Waals surface area contributed by atoms with Gasteiger partial charge in [-0.1, -0.05) is 6.07 Å². The second kappa shape index (κ2) is 6.45. The van der Waals surface area contributed by atoms with Crippen molar-refractivity contribution < 1.29 is 13.2 Å². The molecule has 2 rings (SSSR count). The van der Waals surface area contributed by atoms with Crippen molar-refractivity contribution >= 4 is 10.0 Å². The number of ether oxygens (including phenoxy) is 1. The molecule has 0 aromatic carbocycles.